The van der Waals surface area contributed by atoms with E-state index in [1.54, 1.807) is 0 Å². The number of fused-ring (bicyclic) bond motifs is 1. The van der Waals surface area contributed by atoms with Crippen LogP contribution in [0, 0.1) is 12.3 Å². The van der Waals surface area contributed by atoms with Crippen LogP contribution in [-0.4, -0.2) is 16.9 Å². The molecule has 31 heavy (non-hydrogen) atoms. The Morgan fingerprint density at radius 3 is 2.61 bits per heavy atom. The van der Waals surface area contributed by atoms with Gasteiger partial charge in [-0.2, -0.15) is 10.2 Å². The van der Waals surface area contributed by atoms with Gasteiger partial charge in [-0.3, -0.25) is 9.78 Å². The van der Waals surface area contributed by atoms with E-state index < -0.39 is 5.41 Å². The van der Waals surface area contributed by atoms with Crippen molar-refractivity contribution in [2.75, 3.05) is 0 Å². The number of carbonyl (C=O) groups excluding carboxylic acids is 1. The molecule has 3 aliphatic rings. The number of rotatable bonds is 3. The van der Waals surface area contributed by atoms with Crippen LogP contribution in [0.3, 0.4) is 0 Å². The summed E-state index contributed by atoms with van der Waals surface area (Å²) < 4.78 is 0. The summed E-state index contributed by atoms with van der Waals surface area (Å²) in [5.41, 5.74) is 7.06. The largest absolute Gasteiger partial charge is 0.362 e. The summed E-state index contributed by atoms with van der Waals surface area (Å²) in [5.74, 6) is 0.237. The first-order chi connectivity index (χ1) is 14.9. The van der Waals surface area contributed by atoms with Gasteiger partial charge in [0.25, 0.3) is 0 Å². The van der Waals surface area contributed by atoms with Crippen molar-refractivity contribution in [2.24, 2.45) is 15.6 Å². The van der Waals surface area contributed by atoms with E-state index in [1.807, 2.05) is 30.7 Å². The SMILES string of the molecule is CC[C@]1(c2cc(-c3ccncc3)ccc2C)C2=CN=NC2NC2=C1C(=O)CC(C)(C)C2. The predicted octanol–water partition coefficient (Wildman–Crippen LogP) is 5.63. The van der Waals surface area contributed by atoms with Crippen LogP contribution in [0.1, 0.15) is 51.2 Å². The molecule has 2 atom stereocenters. The van der Waals surface area contributed by atoms with Gasteiger partial charge in [0.15, 0.2) is 11.9 Å². The highest BCUT2D eigenvalue weighted by Crippen LogP contribution is 2.54. The maximum atomic E-state index is 13.7. The van der Waals surface area contributed by atoms with Gasteiger partial charge < -0.3 is 5.32 Å². The molecule has 5 nitrogen and oxygen atoms in total. The molecule has 1 aliphatic carbocycles. The Balaban J connectivity index is 1.78. The molecule has 158 valence electrons. The molecule has 0 saturated heterocycles. The number of pyridine rings is 1. The van der Waals surface area contributed by atoms with Gasteiger partial charge in [0.1, 0.15) is 0 Å². The lowest BCUT2D eigenvalue weighted by Gasteiger charge is -2.48. The fourth-order valence-electron chi connectivity index (χ4n) is 5.66. The van der Waals surface area contributed by atoms with Gasteiger partial charge in [0, 0.05) is 35.7 Å². The van der Waals surface area contributed by atoms with E-state index in [0.717, 1.165) is 40.8 Å². The number of aryl methyl sites for hydroxylation is 1. The summed E-state index contributed by atoms with van der Waals surface area (Å²) in [6.07, 6.45) is 7.49. The molecule has 1 N–H and O–H groups in total. The lowest BCUT2D eigenvalue weighted by molar-refractivity contribution is -0.119. The molecule has 5 heteroatoms. The van der Waals surface area contributed by atoms with Crippen molar-refractivity contribution >= 4 is 5.78 Å². The summed E-state index contributed by atoms with van der Waals surface area (Å²) in [7, 11) is 0. The third kappa shape index (κ3) is 2.98. The summed E-state index contributed by atoms with van der Waals surface area (Å²) in [6.45, 7) is 8.65. The lowest BCUT2D eigenvalue weighted by Crippen LogP contribution is -2.51. The second-order valence-electron chi connectivity index (χ2n) is 9.68. The van der Waals surface area contributed by atoms with Gasteiger partial charge in [0.2, 0.25) is 0 Å². The number of hydrogen-bond donors (Lipinski definition) is 1. The molecule has 3 heterocycles. The topological polar surface area (TPSA) is 66.7 Å². The fourth-order valence-corrected chi connectivity index (χ4v) is 5.66. The molecule has 1 unspecified atom stereocenters. The van der Waals surface area contributed by atoms with E-state index in [2.05, 4.69) is 66.4 Å². The van der Waals surface area contributed by atoms with Gasteiger partial charge in [-0.05, 0) is 65.6 Å². The van der Waals surface area contributed by atoms with Gasteiger partial charge in [-0.15, -0.1) is 0 Å². The Labute approximate surface area is 183 Å². The molecule has 1 aromatic carbocycles. The van der Waals surface area contributed by atoms with Crippen LogP contribution in [0.5, 0.6) is 0 Å². The second kappa shape index (κ2) is 6.98. The summed E-state index contributed by atoms with van der Waals surface area (Å²) in [6, 6.07) is 10.6. The molecule has 1 aromatic heterocycles. The number of Topliss-reactive ketones (excluding diaryl/α,β-unsaturated/α-hetero) is 1. The van der Waals surface area contributed by atoms with Crippen LogP contribution >= 0.6 is 0 Å². The first-order valence-electron chi connectivity index (χ1n) is 11.0. The smallest absolute Gasteiger partial charge is 0.164 e. The van der Waals surface area contributed by atoms with Gasteiger partial charge >= 0.3 is 0 Å². The van der Waals surface area contributed by atoms with Crippen molar-refractivity contribution in [1.82, 2.24) is 10.3 Å². The number of azo groups is 1. The molecule has 0 radical (unpaired) electrons. The number of nitrogens with one attached hydrogen (secondary N) is 1. The van der Waals surface area contributed by atoms with E-state index in [4.69, 9.17) is 0 Å². The molecule has 0 spiro atoms. The van der Waals surface area contributed by atoms with Gasteiger partial charge in [0.05, 0.1) is 11.6 Å². The molecule has 0 saturated carbocycles. The Bertz CT molecular complexity index is 1160. The van der Waals surface area contributed by atoms with Crippen LogP contribution in [0.25, 0.3) is 11.1 Å². The normalized spacial score (nSPS) is 26.3. The van der Waals surface area contributed by atoms with E-state index in [9.17, 15) is 4.79 Å². The quantitative estimate of drug-likeness (QED) is 0.711. The maximum Gasteiger partial charge on any atom is 0.164 e. The van der Waals surface area contributed by atoms with E-state index in [0.29, 0.717) is 6.42 Å². The first-order valence-corrected chi connectivity index (χ1v) is 11.0. The molecule has 0 fully saturated rings. The minimum Gasteiger partial charge on any atom is -0.362 e. The first kappa shape index (κ1) is 19.9. The molecule has 5 rings (SSSR count). The van der Waals surface area contributed by atoms with Crippen molar-refractivity contribution in [3.8, 4) is 11.1 Å². The highest BCUT2D eigenvalue weighted by molar-refractivity contribution is 6.01. The monoisotopic (exact) mass is 412 g/mol. The summed E-state index contributed by atoms with van der Waals surface area (Å²) in [4.78, 5) is 17.8. The molecule has 2 aliphatic heterocycles. The number of benzene rings is 1. The van der Waals surface area contributed by atoms with Crippen LogP contribution in [0.15, 0.2) is 76.0 Å². The molecular formula is C26H28N4O. The van der Waals surface area contributed by atoms with Crippen molar-refractivity contribution < 1.29 is 4.79 Å². The van der Waals surface area contributed by atoms with Crippen molar-refractivity contribution in [3.63, 3.8) is 0 Å². The Hall–Kier alpha value is -3.08. The number of aromatic nitrogens is 1. The zero-order chi connectivity index (χ0) is 21.8. The minimum atomic E-state index is -0.518. The Morgan fingerprint density at radius 1 is 1.10 bits per heavy atom. The van der Waals surface area contributed by atoms with Gasteiger partial charge in [-0.1, -0.05) is 32.9 Å². The van der Waals surface area contributed by atoms with E-state index in [1.165, 1.54) is 11.1 Å². The highest BCUT2D eigenvalue weighted by atomic mass is 16.1. The van der Waals surface area contributed by atoms with E-state index >= 15 is 0 Å². The standard InChI is InChI=1S/C26H28N4O/c1-5-26(19-12-18(7-6-16(19)2)17-8-10-27-11-9-17)20-15-28-30-24(20)29-21-13-25(3,4)14-22(31)23(21)26/h6-12,15,24,29H,5,13-14H2,1-4H3/t24?,26-/m0/s1. The van der Waals surface area contributed by atoms with Crippen molar-refractivity contribution in [1.29, 1.82) is 0 Å². The van der Waals surface area contributed by atoms with Crippen molar-refractivity contribution in [3.05, 3.63) is 76.9 Å². The van der Waals surface area contributed by atoms with Crippen LogP contribution in [0.4, 0.5) is 0 Å². The zero-order valence-corrected chi connectivity index (χ0v) is 18.6. The lowest BCUT2D eigenvalue weighted by atomic mass is 9.58. The average Bonchev–Trinajstić information content (AvgIpc) is 3.21. The number of hydrogen-bond acceptors (Lipinski definition) is 5. The molecular weight excluding hydrogens is 384 g/mol. The average molecular weight is 413 g/mol. The second-order valence-corrected chi connectivity index (χ2v) is 9.68. The zero-order valence-electron chi connectivity index (χ0n) is 18.6. The number of carbonyl (C=O) groups is 1. The molecule has 0 bridgehead atoms. The summed E-state index contributed by atoms with van der Waals surface area (Å²) >= 11 is 0. The number of ketones is 1. The number of nitrogens with zero attached hydrogens (tertiary/aromatic N) is 3. The molecule has 2 aromatic rings. The van der Waals surface area contributed by atoms with Crippen LogP contribution in [0.2, 0.25) is 0 Å². The van der Waals surface area contributed by atoms with Gasteiger partial charge in [-0.25, -0.2) is 0 Å². The van der Waals surface area contributed by atoms with Crippen LogP contribution < -0.4 is 5.32 Å². The van der Waals surface area contributed by atoms with E-state index in [-0.39, 0.29) is 17.4 Å². The van der Waals surface area contributed by atoms with Crippen LogP contribution in [-0.2, 0) is 10.2 Å². The minimum absolute atomic E-state index is 0.0622. The number of allylic oxidation sites excluding steroid dienone is 2. The Morgan fingerprint density at radius 2 is 1.87 bits per heavy atom. The predicted molar refractivity (Wildman–Crippen MR) is 121 cm³/mol. The van der Waals surface area contributed by atoms with Crippen molar-refractivity contribution in [2.45, 2.75) is 58.5 Å². The highest BCUT2D eigenvalue weighted by Gasteiger charge is 2.53. The maximum absolute atomic E-state index is 13.7. The third-order valence-electron chi connectivity index (χ3n) is 7.02. The third-order valence-corrected chi connectivity index (χ3v) is 7.02. The fraction of sp³-hybridized carbons (Fsp3) is 0.385. The Kier molecular flexibility index (Phi) is 4.47. The summed E-state index contributed by atoms with van der Waals surface area (Å²) in [5, 5.41) is 12.3. The molecule has 0 amide bonds.